The Hall–Kier alpha value is -14.4. The number of benzene rings is 15. The largest absolute Gasteiger partial charge is 0.454 e. The Kier molecular flexibility index (Phi) is 13.7. The zero-order valence-corrected chi connectivity index (χ0v) is 56.2. The fourth-order valence-electron chi connectivity index (χ4n) is 15.7. The van der Waals surface area contributed by atoms with E-state index in [9.17, 15) is 0 Å². The molecule has 6 aromatic heterocycles. The van der Waals surface area contributed by atoms with Gasteiger partial charge in [-0.2, -0.15) is 0 Å². The predicted molar refractivity (Wildman–Crippen MR) is 428 cm³/mol. The van der Waals surface area contributed by atoms with E-state index in [4.69, 9.17) is 44.3 Å². The molecule has 10 nitrogen and oxygen atoms in total. The molecule has 21 aromatic rings. The highest BCUT2D eigenvalue weighted by atomic mass is 16.3. The first-order valence-corrected chi connectivity index (χ1v) is 35.1. The maximum absolute atomic E-state index is 6.32. The molecule has 10 heteroatoms. The molecule has 0 aliphatic heterocycles. The molecule has 0 fully saturated rings. The summed E-state index contributed by atoms with van der Waals surface area (Å²) in [4.78, 5) is 46.3. The highest BCUT2D eigenvalue weighted by Gasteiger charge is 2.23. The summed E-state index contributed by atoms with van der Waals surface area (Å²) >= 11 is 0. The summed E-state index contributed by atoms with van der Waals surface area (Å²) in [7, 11) is 0. The zero-order valence-electron chi connectivity index (χ0n) is 56.2. The number of pyridine rings is 3. The molecule has 0 amide bonds. The van der Waals surface area contributed by atoms with Gasteiger partial charge < -0.3 is 4.42 Å². The van der Waals surface area contributed by atoms with E-state index in [1.165, 1.54) is 26.9 Å². The van der Waals surface area contributed by atoms with Crippen LogP contribution in [-0.2, 0) is 0 Å². The van der Waals surface area contributed by atoms with Crippen LogP contribution in [0.3, 0.4) is 0 Å². The quantitative estimate of drug-likeness (QED) is 0.122. The van der Waals surface area contributed by atoms with Crippen LogP contribution in [0.15, 0.2) is 338 Å². The Bertz CT molecular complexity index is 7160. The molecule has 0 aliphatic rings. The third-order valence-corrected chi connectivity index (χ3v) is 20.8. The highest BCUT2D eigenvalue weighted by molar-refractivity contribution is 6.21. The fourth-order valence-corrected chi connectivity index (χ4v) is 15.7. The molecule has 0 saturated carbocycles. The van der Waals surface area contributed by atoms with Crippen molar-refractivity contribution < 1.29 is 4.42 Å². The molecule has 0 atom stereocenters. The van der Waals surface area contributed by atoms with E-state index in [0.29, 0.717) is 51.9 Å². The smallest absolute Gasteiger partial charge is 0.183 e. The monoisotopic (exact) mass is 1340 g/mol. The van der Waals surface area contributed by atoms with Crippen LogP contribution in [-0.4, -0.2) is 44.9 Å². The van der Waals surface area contributed by atoms with Crippen LogP contribution < -0.4 is 0 Å². The van der Waals surface area contributed by atoms with Crippen molar-refractivity contribution >= 4 is 108 Å². The summed E-state index contributed by atoms with van der Waals surface area (Å²) < 4.78 is 6.32. The Morgan fingerprint density at radius 3 is 1.55 bits per heavy atom. The number of furan rings is 1. The molecule has 15 aromatic carbocycles. The molecule has 6 heterocycles. The molecule has 0 saturated heterocycles. The maximum Gasteiger partial charge on any atom is 0.183 e. The molecule has 0 bridgehead atoms. The Morgan fingerprint density at radius 1 is 0.219 bits per heavy atom. The lowest BCUT2D eigenvalue weighted by molar-refractivity contribution is 0.667. The summed E-state index contributed by atoms with van der Waals surface area (Å²) in [5, 5.41) is 18.9. The second-order valence-electron chi connectivity index (χ2n) is 26.7. The first kappa shape index (κ1) is 59.5. The van der Waals surface area contributed by atoms with Gasteiger partial charge in [0.05, 0.1) is 11.7 Å². The van der Waals surface area contributed by atoms with Crippen LogP contribution in [0.2, 0.25) is 0 Å². The van der Waals surface area contributed by atoms with Crippen LogP contribution >= 0.6 is 0 Å². The third-order valence-electron chi connectivity index (χ3n) is 20.8. The second kappa shape index (κ2) is 24.2. The Balaban J connectivity index is 0.622. The lowest BCUT2D eigenvalue weighted by Crippen LogP contribution is -2.02. The van der Waals surface area contributed by atoms with E-state index in [-0.39, 0.29) is 0 Å². The van der Waals surface area contributed by atoms with Gasteiger partial charge in [0.15, 0.2) is 40.5 Å². The molecule has 21 rings (SSSR count). The fraction of sp³-hybridized carbons (Fsp3) is 0. The van der Waals surface area contributed by atoms with Crippen molar-refractivity contribution in [1.29, 1.82) is 0 Å². The van der Waals surface area contributed by atoms with E-state index < -0.39 is 0 Å². The summed E-state index contributed by atoms with van der Waals surface area (Å²) in [6.45, 7) is 0. The van der Waals surface area contributed by atoms with Gasteiger partial charge in [-0.1, -0.05) is 273 Å². The van der Waals surface area contributed by atoms with Gasteiger partial charge in [-0.15, -0.1) is 0 Å². The molecule has 486 valence electrons. The van der Waals surface area contributed by atoms with Gasteiger partial charge in [-0.05, 0) is 157 Å². The van der Waals surface area contributed by atoms with Gasteiger partial charge in [0.25, 0.3) is 0 Å². The van der Waals surface area contributed by atoms with Crippen molar-refractivity contribution in [2.45, 2.75) is 0 Å². The number of para-hydroxylation sites is 1. The molecular formula is C95H55N9O. The van der Waals surface area contributed by atoms with Crippen molar-refractivity contribution in [1.82, 2.24) is 44.9 Å². The second-order valence-corrected chi connectivity index (χ2v) is 26.7. The van der Waals surface area contributed by atoms with Crippen molar-refractivity contribution in [3.63, 3.8) is 0 Å². The molecule has 105 heavy (non-hydrogen) atoms. The van der Waals surface area contributed by atoms with Gasteiger partial charge >= 0.3 is 0 Å². The highest BCUT2D eigenvalue weighted by Crippen LogP contribution is 2.44. The summed E-state index contributed by atoms with van der Waals surface area (Å²) in [5.74, 6) is 3.07. The van der Waals surface area contributed by atoms with E-state index >= 15 is 0 Å². The van der Waals surface area contributed by atoms with Gasteiger partial charge in [0.2, 0.25) is 0 Å². The van der Waals surface area contributed by atoms with E-state index in [0.717, 1.165) is 142 Å². The van der Waals surface area contributed by atoms with Crippen molar-refractivity contribution in [3.05, 3.63) is 334 Å². The zero-order chi connectivity index (χ0) is 69.1. The normalized spacial score (nSPS) is 11.8. The number of hydrogen-bond donors (Lipinski definition) is 0. The number of rotatable bonds is 10. The van der Waals surface area contributed by atoms with Crippen LogP contribution in [0, 0.1) is 0 Å². The Morgan fingerprint density at radius 2 is 0.724 bits per heavy atom. The summed E-state index contributed by atoms with van der Waals surface area (Å²) in [6.07, 6.45) is 5.44. The summed E-state index contributed by atoms with van der Waals surface area (Å²) in [6, 6.07) is 111. The molecule has 0 unspecified atom stereocenters. The number of hydrogen-bond acceptors (Lipinski definition) is 10. The maximum atomic E-state index is 6.32. The SMILES string of the molecule is c1ccc(-c2nc(-c3ccc(-c4cccc5ccccc45)c(-c4ccccc4)c3)nc(-c3nccc4c3ccc3c5cccc(-c6ccc7c(-c8ccc(-c9nc(-c%10ccc%11c(ccc%12c%13ccccc%13ccc%11%12)n%10)nc(-c%10cncc%11oc%12ccccc%12c%10%11)n9)cc8)cccc7c6)c5ccc43)n2)cc1. The van der Waals surface area contributed by atoms with Crippen LogP contribution in [0.25, 0.3) is 221 Å². The topological polar surface area (TPSA) is 129 Å². The molecule has 0 spiro atoms. The van der Waals surface area contributed by atoms with E-state index in [1.807, 2.05) is 67.0 Å². The first-order valence-electron chi connectivity index (χ1n) is 35.1. The van der Waals surface area contributed by atoms with Gasteiger partial charge in [-0.25, -0.2) is 34.9 Å². The molecule has 0 N–H and O–H groups in total. The van der Waals surface area contributed by atoms with E-state index in [2.05, 4.69) is 266 Å². The van der Waals surface area contributed by atoms with Gasteiger partial charge in [0, 0.05) is 56.2 Å². The Labute approximate surface area is 601 Å². The van der Waals surface area contributed by atoms with Crippen molar-refractivity contribution in [2.24, 2.45) is 0 Å². The lowest BCUT2D eigenvalue weighted by atomic mass is 9.90. The predicted octanol–water partition coefficient (Wildman–Crippen LogP) is 24.0. The van der Waals surface area contributed by atoms with Crippen molar-refractivity contribution in [3.8, 4) is 113 Å². The standard InChI is InChI=1S/C95H55N9O/c1-3-16-57(17-4-1)82-53-64(38-41-77(82)70-29-13-22-56-18-7-9-24-66(56)70)92-99-90(60-20-5-2-6-21-60)102-95(103-92)89-80-45-44-74-71-30-15-28-68(72(71)42-43-75(74)78(80)50-51-97-89)63-37-39-69-62(52-63)23-14-27-65(69)59-32-34-61(35-33-59)91-100-93(83-54-96-55-87-88(83)81-26-11-12-31-86(81)105-87)104-94(101-91)85-49-47-79-76-40-36-58-19-8-10-25-67(58)73(76)46-48-84(79)98-85/h1-55H. The number of aromatic nitrogens is 9. The minimum atomic E-state index is 0.452. The average Bonchev–Trinajstić information content (AvgIpc) is 1.26. The van der Waals surface area contributed by atoms with Crippen LogP contribution in [0.4, 0.5) is 0 Å². The van der Waals surface area contributed by atoms with Crippen LogP contribution in [0.5, 0.6) is 0 Å². The van der Waals surface area contributed by atoms with Gasteiger partial charge in [0.1, 0.15) is 17.0 Å². The molecule has 0 aliphatic carbocycles. The number of nitrogens with zero attached hydrogens (tertiary/aromatic N) is 9. The minimum absolute atomic E-state index is 0.452. The third kappa shape index (κ3) is 10.1. The van der Waals surface area contributed by atoms with E-state index in [1.54, 1.807) is 6.20 Å². The minimum Gasteiger partial charge on any atom is -0.454 e. The van der Waals surface area contributed by atoms with Crippen molar-refractivity contribution in [2.75, 3.05) is 0 Å². The van der Waals surface area contributed by atoms with Crippen LogP contribution in [0.1, 0.15) is 0 Å². The lowest BCUT2D eigenvalue weighted by Gasteiger charge is -2.15. The first-order chi connectivity index (χ1) is 52.0. The molecule has 0 radical (unpaired) electrons. The number of fused-ring (bicyclic) bond motifs is 15. The molecular weight excluding hydrogens is 1280 g/mol. The average molecular weight is 1340 g/mol. The van der Waals surface area contributed by atoms with Gasteiger partial charge in [-0.3, -0.25) is 9.97 Å². The summed E-state index contributed by atoms with van der Waals surface area (Å²) in [5.41, 5.74) is 15.9.